The number of fused-ring (bicyclic) bond motifs is 1. The van der Waals surface area contributed by atoms with Gasteiger partial charge in [-0.05, 0) is 80.4 Å². The molecule has 1 atom stereocenters. The molecule has 4 aliphatic rings. The molecule has 184 valence electrons. The van der Waals surface area contributed by atoms with Crippen molar-refractivity contribution in [1.29, 1.82) is 0 Å². The van der Waals surface area contributed by atoms with Crippen molar-refractivity contribution in [1.82, 2.24) is 15.5 Å². The van der Waals surface area contributed by atoms with Gasteiger partial charge in [0.05, 0.1) is 0 Å². The highest BCUT2D eigenvalue weighted by Crippen LogP contribution is 2.55. The van der Waals surface area contributed by atoms with Gasteiger partial charge in [-0.3, -0.25) is 19.7 Å². The van der Waals surface area contributed by atoms with Crippen molar-refractivity contribution in [3.8, 4) is 0 Å². The summed E-state index contributed by atoms with van der Waals surface area (Å²) in [6.07, 6.45) is 14.2. The molecule has 0 radical (unpaired) electrons. The van der Waals surface area contributed by atoms with Crippen molar-refractivity contribution in [2.75, 3.05) is 12.3 Å². The molecule has 2 saturated carbocycles. The molecule has 1 aromatic rings. The van der Waals surface area contributed by atoms with E-state index in [2.05, 4.69) is 16.7 Å². The molecule has 0 aromatic heterocycles. The zero-order valence-electron chi connectivity index (χ0n) is 20.1. The van der Waals surface area contributed by atoms with Gasteiger partial charge in [-0.15, -0.1) is 11.8 Å². The number of carbonyl (C=O) groups is 3. The molecule has 2 aliphatic carbocycles. The third kappa shape index (κ3) is 5.06. The summed E-state index contributed by atoms with van der Waals surface area (Å²) in [6.45, 7) is 1.63. The summed E-state index contributed by atoms with van der Waals surface area (Å²) >= 11 is 1.82. The first-order valence-electron chi connectivity index (χ1n) is 13.2. The molecule has 3 fully saturated rings. The lowest BCUT2D eigenvalue weighted by Crippen LogP contribution is -2.52. The summed E-state index contributed by atoms with van der Waals surface area (Å²) in [5.41, 5.74) is 2.51. The molecule has 6 nitrogen and oxygen atoms in total. The second-order valence-electron chi connectivity index (χ2n) is 10.7. The number of nitrogens with zero attached hydrogens (tertiary/aromatic N) is 1. The van der Waals surface area contributed by atoms with Gasteiger partial charge in [-0.2, -0.15) is 0 Å². The van der Waals surface area contributed by atoms with Crippen LogP contribution in [0.3, 0.4) is 0 Å². The van der Waals surface area contributed by atoms with Crippen molar-refractivity contribution in [2.45, 2.75) is 101 Å². The molecule has 3 amide bonds. The fraction of sp³-hybridized carbons (Fsp3) is 0.667. The van der Waals surface area contributed by atoms with Crippen LogP contribution in [-0.2, 0) is 16.1 Å². The van der Waals surface area contributed by atoms with Crippen LogP contribution in [0.1, 0.15) is 93.0 Å². The van der Waals surface area contributed by atoms with Gasteiger partial charge in [0.1, 0.15) is 6.04 Å². The molecular formula is C27H37N3O3S. The molecule has 1 saturated heterocycles. The number of unbranched alkanes of at least 4 members (excludes halogenated alkanes) is 4. The van der Waals surface area contributed by atoms with E-state index in [1.807, 2.05) is 23.9 Å². The van der Waals surface area contributed by atoms with Gasteiger partial charge in [0.2, 0.25) is 11.8 Å². The van der Waals surface area contributed by atoms with Gasteiger partial charge < -0.3 is 10.2 Å². The number of nitrogens with one attached hydrogen (secondary N) is 2. The minimum atomic E-state index is -0.548. The van der Waals surface area contributed by atoms with Gasteiger partial charge in [-0.1, -0.05) is 31.7 Å². The third-order valence-corrected chi connectivity index (χ3v) is 9.51. The average molecular weight is 484 g/mol. The first-order chi connectivity index (χ1) is 16.5. The summed E-state index contributed by atoms with van der Waals surface area (Å²) in [4.78, 5) is 39.5. The van der Waals surface area contributed by atoms with E-state index >= 15 is 0 Å². The second-order valence-corrected chi connectivity index (χ2v) is 11.8. The Balaban J connectivity index is 0.986. The van der Waals surface area contributed by atoms with Crippen LogP contribution in [0.15, 0.2) is 23.1 Å². The van der Waals surface area contributed by atoms with Crippen LogP contribution in [0.4, 0.5) is 0 Å². The first-order valence-corrected chi connectivity index (χ1v) is 14.2. The maximum Gasteiger partial charge on any atom is 0.255 e. The Morgan fingerprint density at radius 1 is 1.06 bits per heavy atom. The number of thioether (sulfide) groups is 1. The zero-order valence-corrected chi connectivity index (χ0v) is 20.9. The average Bonchev–Trinajstić information content (AvgIpc) is 3.09. The number of carbonyl (C=O) groups excluding carboxylic acids is 3. The molecule has 5 rings (SSSR count). The highest BCUT2D eigenvalue weighted by Gasteiger charge is 2.47. The lowest BCUT2D eigenvalue weighted by Gasteiger charge is -2.54. The maximum atomic E-state index is 12.9. The predicted molar refractivity (Wildman–Crippen MR) is 134 cm³/mol. The summed E-state index contributed by atoms with van der Waals surface area (Å²) in [7, 11) is 0. The van der Waals surface area contributed by atoms with E-state index < -0.39 is 6.04 Å². The molecule has 1 aromatic carbocycles. The Bertz CT molecular complexity index is 937. The summed E-state index contributed by atoms with van der Waals surface area (Å²) in [5.74, 6) is 0.353. The van der Waals surface area contributed by atoms with E-state index in [1.165, 1.54) is 70.8 Å². The van der Waals surface area contributed by atoms with Crippen LogP contribution < -0.4 is 10.6 Å². The highest BCUT2D eigenvalue weighted by molar-refractivity contribution is 7.99. The molecule has 0 bridgehead atoms. The Labute approximate surface area is 207 Å². The van der Waals surface area contributed by atoms with Gasteiger partial charge in [0.15, 0.2) is 0 Å². The van der Waals surface area contributed by atoms with Crippen LogP contribution in [0, 0.1) is 5.41 Å². The highest BCUT2D eigenvalue weighted by atomic mass is 32.2. The van der Waals surface area contributed by atoms with Crippen molar-refractivity contribution in [3.63, 3.8) is 0 Å². The molecule has 1 unspecified atom stereocenters. The largest absolute Gasteiger partial charge is 0.322 e. The molecule has 1 spiro atoms. The normalized spacial score (nSPS) is 23.6. The summed E-state index contributed by atoms with van der Waals surface area (Å²) in [5, 5.41) is 6.12. The fourth-order valence-electron chi connectivity index (χ4n) is 6.15. The molecule has 2 aliphatic heterocycles. The van der Waals surface area contributed by atoms with Crippen LogP contribution >= 0.6 is 11.8 Å². The Kier molecular flexibility index (Phi) is 7.30. The van der Waals surface area contributed by atoms with Crippen molar-refractivity contribution in [3.05, 3.63) is 29.3 Å². The van der Waals surface area contributed by atoms with E-state index in [1.54, 1.807) is 4.90 Å². The lowest BCUT2D eigenvalue weighted by molar-refractivity contribution is -0.136. The van der Waals surface area contributed by atoms with Gasteiger partial charge in [0, 0.05) is 29.5 Å². The maximum absolute atomic E-state index is 12.9. The van der Waals surface area contributed by atoms with E-state index in [4.69, 9.17) is 0 Å². The molecule has 2 heterocycles. The van der Waals surface area contributed by atoms with E-state index in [-0.39, 0.29) is 24.1 Å². The van der Waals surface area contributed by atoms with Gasteiger partial charge in [-0.25, -0.2) is 0 Å². The van der Waals surface area contributed by atoms with Gasteiger partial charge in [0.25, 0.3) is 5.91 Å². The van der Waals surface area contributed by atoms with Crippen molar-refractivity contribution in [2.24, 2.45) is 5.41 Å². The Morgan fingerprint density at radius 3 is 2.62 bits per heavy atom. The second kappa shape index (κ2) is 10.4. The van der Waals surface area contributed by atoms with E-state index in [9.17, 15) is 14.4 Å². The molecular weight excluding hydrogens is 446 g/mol. The quantitative estimate of drug-likeness (QED) is 0.277. The first kappa shape index (κ1) is 23.9. The van der Waals surface area contributed by atoms with Crippen LogP contribution in [-0.4, -0.2) is 47.0 Å². The topological polar surface area (TPSA) is 78.5 Å². The number of rotatable bonds is 11. The number of amides is 3. The molecule has 2 N–H and O–H groups in total. The monoisotopic (exact) mass is 483 g/mol. The number of hydrogen-bond acceptors (Lipinski definition) is 5. The molecule has 34 heavy (non-hydrogen) atoms. The SMILES string of the molecule is O=C1CCC(N2Cc3c(SCCCCCCCNC4CC5(CCC5)C4)cccc3C2=O)C(=O)N1. The minimum absolute atomic E-state index is 0.0923. The number of imide groups is 1. The smallest absolute Gasteiger partial charge is 0.255 e. The lowest BCUT2D eigenvalue weighted by atomic mass is 9.54. The van der Waals surface area contributed by atoms with Gasteiger partial charge >= 0.3 is 0 Å². The van der Waals surface area contributed by atoms with Crippen LogP contribution in [0.2, 0.25) is 0 Å². The van der Waals surface area contributed by atoms with Crippen molar-refractivity contribution < 1.29 is 14.4 Å². The number of benzene rings is 1. The predicted octanol–water partition coefficient (Wildman–Crippen LogP) is 4.41. The Morgan fingerprint density at radius 2 is 1.85 bits per heavy atom. The zero-order chi connectivity index (χ0) is 23.5. The third-order valence-electron chi connectivity index (χ3n) is 8.32. The molecule has 7 heteroatoms. The van der Waals surface area contributed by atoms with Crippen LogP contribution in [0.25, 0.3) is 0 Å². The van der Waals surface area contributed by atoms with Crippen molar-refractivity contribution >= 4 is 29.5 Å². The van der Waals surface area contributed by atoms with Crippen LogP contribution in [0.5, 0.6) is 0 Å². The van der Waals surface area contributed by atoms with E-state index in [0.717, 1.165) is 27.7 Å². The summed E-state index contributed by atoms with van der Waals surface area (Å²) in [6, 6.07) is 6.13. The number of piperidine rings is 1. The summed E-state index contributed by atoms with van der Waals surface area (Å²) < 4.78 is 0. The standard InChI is InChI=1S/C27H37N3O3S/c31-24-11-10-22(25(32)29-24)30-18-21-20(26(30)33)8-6-9-23(21)34-15-5-3-1-2-4-14-28-19-16-27(17-19)12-7-13-27/h6,8-9,19,22,28H,1-5,7,10-18H2,(H,29,31,32). The minimum Gasteiger partial charge on any atom is -0.322 e. The Hall–Kier alpha value is -1.86. The number of hydrogen-bond donors (Lipinski definition) is 2. The van der Waals surface area contributed by atoms with E-state index in [0.29, 0.717) is 18.5 Å². The fourth-order valence-corrected chi connectivity index (χ4v) is 7.24.